The lowest BCUT2D eigenvalue weighted by molar-refractivity contribution is 0.0169. The number of halogens is 2. The minimum Gasteiger partial charge on any atom is -0.496 e. The van der Waals surface area contributed by atoms with Crippen LogP contribution in [-0.4, -0.2) is 58.8 Å². The second-order valence-corrected chi connectivity index (χ2v) is 5.01. The maximum absolute atomic E-state index is 13.7. The molecular formula is C15H22F2N2O3. The molecule has 1 atom stereocenters. The van der Waals surface area contributed by atoms with Crippen LogP contribution in [0.1, 0.15) is 11.6 Å². The second-order valence-electron chi connectivity index (χ2n) is 5.01. The number of piperazine rings is 1. The highest BCUT2D eigenvalue weighted by Gasteiger charge is 2.33. The maximum atomic E-state index is 13.7. The Labute approximate surface area is 129 Å². The zero-order valence-electron chi connectivity index (χ0n) is 13.1. The summed E-state index contributed by atoms with van der Waals surface area (Å²) in [6.45, 7) is 2.51. The monoisotopic (exact) mass is 316 g/mol. The minimum absolute atomic E-state index is 0.376. The molecule has 0 spiro atoms. The predicted octanol–water partition coefficient (Wildman–Crippen LogP) is 1.92. The van der Waals surface area contributed by atoms with Gasteiger partial charge in [0.15, 0.2) is 11.5 Å². The van der Waals surface area contributed by atoms with Crippen molar-refractivity contribution in [3.8, 4) is 17.2 Å². The van der Waals surface area contributed by atoms with Crippen LogP contribution >= 0.6 is 0 Å². The summed E-state index contributed by atoms with van der Waals surface area (Å²) in [6, 6.07) is 2.14. The van der Waals surface area contributed by atoms with Gasteiger partial charge in [0.05, 0.1) is 21.3 Å². The van der Waals surface area contributed by atoms with Crippen LogP contribution in [0.15, 0.2) is 12.1 Å². The normalized spacial score (nSPS) is 17.4. The maximum Gasteiger partial charge on any atom is 0.258 e. The van der Waals surface area contributed by atoms with E-state index in [9.17, 15) is 8.78 Å². The average molecular weight is 316 g/mol. The molecule has 1 fully saturated rings. The summed E-state index contributed by atoms with van der Waals surface area (Å²) in [4.78, 5) is 1.77. The molecule has 0 radical (unpaired) electrons. The quantitative estimate of drug-likeness (QED) is 0.869. The van der Waals surface area contributed by atoms with Gasteiger partial charge in [0.2, 0.25) is 0 Å². The average Bonchev–Trinajstić information content (AvgIpc) is 2.55. The van der Waals surface area contributed by atoms with Crippen LogP contribution in [0.5, 0.6) is 17.2 Å². The number of nitrogens with zero attached hydrogens (tertiary/aromatic N) is 1. The number of methoxy groups -OCH3 is 3. The van der Waals surface area contributed by atoms with Gasteiger partial charge in [-0.3, -0.25) is 4.90 Å². The summed E-state index contributed by atoms with van der Waals surface area (Å²) < 4.78 is 43.2. The van der Waals surface area contributed by atoms with Crippen LogP contribution in [0, 0.1) is 0 Å². The summed E-state index contributed by atoms with van der Waals surface area (Å²) >= 11 is 0. The van der Waals surface area contributed by atoms with E-state index in [2.05, 4.69) is 5.32 Å². The Morgan fingerprint density at radius 1 is 0.955 bits per heavy atom. The Balaban J connectivity index is 2.45. The number of ether oxygens (including phenoxy) is 3. The summed E-state index contributed by atoms with van der Waals surface area (Å²) in [5, 5.41) is 3.17. The van der Waals surface area contributed by atoms with E-state index in [-0.39, 0.29) is 0 Å². The molecule has 1 saturated heterocycles. The van der Waals surface area contributed by atoms with E-state index in [0.29, 0.717) is 49.0 Å². The van der Waals surface area contributed by atoms with Gasteiger partial charge in [0.25, 0.3) is 6.43 Å². The fraction of sp³-hybridized carbons (Fsp3) is 0.600. The van der Waals surface area contributed by atoms with Crippen LogP contribution < -0.4 is 19.5 Å². The first-order valence-electron chi connectivity index (χ1n) is 7.15. The minimum atomic E-state index is -2.52. The smallest absolute Gasteiger partial charge is 0.258 e. The van der Waals surface area contributed by atoms with E-state index in [1.54, 1.807) is 17.0 Å². The SMILES string of the molecule is COc1cc(OC)c([C@H](C(F)F)N2CCNCC2)cc1OC. The van der Waals surface area contributed by atoms with Crippen LogP contribution in [0.25, 0.3) is 0 Å². The molecule has 1 aromatic rings. The van der Waals surface area contributed by atoms with Crippen molar-refractivity contribution in [3.05, 3.63) is 17.7 Å². The number of benzene rings is 1. The number of hydrogen-bond donors (Lipinski definition) is 1. The summed E-state index contributed by atoms with van der Waals surface area (Å²) in [5.74, 6) is 1.25. The van der Waals surface area contributed by atoms with E-state index < -0.39 is 12.5 Å². The van der Waals surface area contributed by atoms with Crippen molar-refractivity contribution in [1.82, 2.24) is 10.2 Å². The molecule has 0 unspecified atom stereocenters. The zero-order valence-corrected chi connectivity index (χ0v) is 13.1. The molecule has 7 heteroatoms. The lowest BCUT2D eigenvalue weighted by Gasteiger charge is -2.35. The topological polar surface area (TPSA) is 43.0 Å². The first kappa shape index (κ1) is 16.8. The van der Waals surface area contributed by atoms with Gasteiger partial charge in [0, 0.05) is 37.8 Å². The van der Waals surface area contributed by atoms with Gasteiger partial charge in [-0.2, -0.15) is 0 Å². The third-order valence-corrected chi connectivity index (χ3v) is 3.84. The molecule has 22 heavy (non-hydrogen) atoms. The molecule has 1 heterocycles. The van der Waals surface area contributed by atoms with E-state index in [4.69, 9.17) is 14.2 Å². The lowest BCUT2D eigenvalue weighted by atomic mass is 10.0. The first-order valence-corrected chi connectivity index (χ1v) is 7.15. The number of rotatable bonds is 6. The molecule has 0 bridgehead atoms. The van der Waals surface area contributed by atoms with Gasteiger partial charge in [0.1, 0.15) is 11.8 Å². The van der Waals surface area contributed by atoms with E-state index >= 15 is 0 Å². The molecule has 5 nitrogen and oxygen atoms in total. The number of nitrogens with one attached hydrogen (secondary N) is 1. The molecule has 2 rings (SSSR count). The van der Waals surface area contributed by atoms with Gasteiger partial charge >= 0.3 is 0 Å². The fourth-order valence-corrected chi connectivity index (χ4v) is 2.74. The van der Waals surface area contributed by atoms with Crippen molar-refractivity contribution in [3.63, 3.8) is 0 Å². The Morgan fingerprint density at radius 2 is 1.50 bits per heavy atom. The van der Waals surface area contributed by atoms with E-state index in [1.807, 2.05) is 0 Å². The summed E-state index contributed by atoms with van der Waals surface area (Å²) in [6.07, 6.45) is -2.52. The highest BCUT2D eigenvalue weighted by atomic mass is 19.3. The molecule has 0 amide bonds. The Kier molecular flexibility index (Phi) is 5.79. The molecule has 0 aliphatic carbocycles. The van der Waals surface area contributed by atoms with E-state index in [1.165, 1.54) is 21.3 Å². The third-order valence-electron chi connectivity index (χ3n) is 3.84. The molecule has 1 N–H and O–H groups in total. The lowest BCUT2D eigenvalue weighted by Crippen LogP contribution is -2.47. The van der Waals surface area contributed by atoms with Crippen molar-refractivity contribution in [2.24, 2.45) is 0 Å². The van der Waals surface area contributed by atoms with Crippen LogP contribution in [0.2, 0.25) is 0 Å². The fourth-order valence-electron chi connectivity index (χ4n) is 2.74. The van der Waals surface area contributed by atoms with Crippen molar-refractivity contribution in [2.75, 3.05) is 47.5 Å². The second kappa shape index (κ2) is 7.60. The van der Waals surface area contributed by atoms with Gasteiger partial charge in [-0.05, 0) is 6.07 Å². The van der Waals surface area contributed by atoms with Gasteiger partial charge in [-0.15, -0.1) is 0 Å². The Hall–Kier alpha value is -1.60. The van der Waals surface area contributed by atoms with Crippen molar-refractivity contribution in [1.29, 1.82) is 0 Å². The van der Waals surface area contributed by atoms with Crippen LogP contribution in [0.4, 0.5) is 8.78 Å². The zero-order chi connectivity index (χ0) is 16.1. The molecule has 1 aliphatic heterocycles. The van der Waals surface area contributed by atoms with Gasteiger partial charge in [-0.25, -0.2) is 8.78 Å². The van der Waals surface area contributed by atoms with Gasteiger partial charge < -0.3 is 19.5 Å². The molecule has 0 aromatic heterocycles. The Bertz CT molecular complexity index is 494. The summed E-state index contributed by atoms with van der Waals surface area (Å²) in [7, 11) is 4.44. The van der Waals surface area contributed by atoms with Crippen molar-refractivity contribution < 1.29 is 23.0 Å². The largest absolute Gasteiger partial charge is 0.496 e. The van der Waals surface area contributed by atoms with Crippen molar-refractivity contribution in [2.45, 2.75) is 12.5 Å². The summed E-state index contributed by atoms with van der Waals surface area (Å²) in [5.41, 5.74) is 0.414. The highest BCUT2D eigenvalue weighted by molar-refractivity contribution is 5.52. The molecule has 0 saturated carbocycles. The number of hydrogen-bond acceptors (Lipinski definition) is 5. The molecule has 1 aromatic carbocycles. The highest BCUT2D eigenvalue weighted by Crippen LogP contribution is 2.41. The van der Waals surface area contributed by atoms with Crippen LogP contribution in [0.3, 0.4) is 0 Å². The van der Waals surface area contributed by atoms with E-state index in [0.717, 1.165) is 0 Å². The molecular weight excluding hydrogens is 294 g/mol. The third kappa shape index (κ3) is 3.41. The number of alkyl halides is 2. The Morgan fingerprint density at radius 3 is 2.00 bits per heavy atom. The van der Waals surface area contributed by atoms with Crippen LogP contribution in [-0.2, 0) is 0 Å². The molecule has 1 aliphatic rings. The molecule has 124 valence electrons. The standard InChI is InChI=1S/C15H22F2N2O3/c1-20-11-9-13(22-3)12(21-2)8-10(11)14(15(16)17)19-6-4-18-5-7-19/h8-9,14-15,18H,4-7H2,1-3H3/t14-/m1/s1. The van der Waals surface area contributed by atoms with Gasteiger partial charge in [-0.1, -0.05) is 0 Å². The first-order chi connectivity index (χ1) is 10.6. The van der Waals surface area contributed by atoms with Crippen molar-refractivity contribution >= 4 is 0 Å². The predicted molar refractivity (Wildman–Crippen MR) is 79.3 cm³/mol.